The van der Waals surface area contributed by atoms with Crippen molar-refractivity contribution in [3.63, 3.8) is 0 Å². The minimum Gasteiger partial charge on any atom is -0.339 e. The second kappa shape index (κ2) is 6.05. The van der Waals surface area contributed by atoms with Crippen molar-refractivity contribution in [3.05, 3.63) is 29.8 Å². The zero-order chi connectivity index (χ0) is 16.6. The Balaban J connectivity index is 1.64. The van der Waals surface area contributed by atoms with Gasteiger partial charge in [0.25, 0.3) is 0 Å². The minimum atomic E-state index is -3.68. The van der Waals surface area contributed by atoms with Gasteiger partial charge in [-0.25, -0.2) is 13.1 Å². The van der Waals surface area contributed by atoms with Crippen LogP contribution in [0.5, 0.6) is 0 Å². The van der Waals surface area contributed by atoms with Crippen molar-refractivity contribution in [2.45, 2.75) is 37.1 Å². The molecule has 1 N–H and O–H groups in total. The van der Waals surface area contributed by atoms with Gasteiger partial charge in [-0.3, -0.25) is 9.59 Å². The van der Waals surface area contributed by atoms with E-state index in [1.807, 2.05) is 4.90 Å². The predicted octanol–water partition coefficient (Wildman–Crippen LogP) is 1.18. The van der Waals surface area contributed by atoms with E-state index in [-0.39, 0.29) is 29.0 Å². The molecule has 23 heavy (non-hydrogen) atoms. The van der Waals surface area contributed by atoms with Crippen LogP contribution < -0.4 is 4.72 Å². The lowest BCUT2D eigenvalue weighted by Gasteiger charge is -2.15. The molecule has 2 fully saturated rings. The molecule has 1 amide bonds. The summed E-state index contributed by atoms with van der Waals surface area (Å²) in [7, 11) is -3.68. The van der Waals surface area contributed by atoms with Crippen LogP contribution in [0.15, 0.2) is 29.2 Å². The van der Waals surface area contributed by atoms with Crippen molar-refractivity contribution in [2.24, 2.45) is 5.92 Å². The van der Waals surface area contributed by atoms with E-state index in [1.165, 1.54) is 19.1 Å². The maximum absolute atomic E-state index is 12.4. The van der Waals surface area contributed by atoms with Gasteiger partial charge >= 0.3 is 0 Å². The molecule has 1 heterocycles. The Morgan fingerprint density at radius 2 is 2.09 bits per heavy atom. The summed E-state index contributed by atoms with van der Waals surface area (Å²) < 4.78 is 27.3. The van der Waals surface area contributed by atoms with Gasteiger partial charge in [-0.1, -0.05) is 12.1 Å². The number of carbonyl (C=O) groups is 2. The summed E-state index contributed by atoms with van der Waals surface area (Å²) in [6.45, 7) is 2.26. The zero-order valence-corrected chi connectivity index (χ0v) is 13.8. The highest BCUT2D eigenvalue weighted by atomic mass is 32.2. The van der Waals surface area contributed by atoms with Crippen LogP contribution in [0.2, 0.25) is 0 Å². The maximum Gasteiger partial charge on any atom is 0.240 e. The average molecular weight is 336 g/mol. The van der Waals surface area contributed by atoms with Gasteiger partial charge in [0, 0.05) is 31.1 Å². The first-order chi connectivity index (χ1) is 10.9. The van der Waals surface area contributed by atoms with E-state index in [0.717, 1.165) is 12.8 Å². The van der Waals surface area contributed by atoms with E-state index < -0.39 is 10.0 Å². The third-order valence-electron chi connectivity index (χ3n) is 4.34. The fraction of sp³-hybridized carbons (Fsp3) is 0.500. The Morgan fingerprint density at radius 1 is 1.35 bits per heavy atom. The zero-order valence-electron chi connectivity index (χ0n) is 13.0. The normalized spacial score (nSPS) is 21.7. The Labute approximate surface area is 135 Å². The number of benzene rings is 1. The standard InChI is InChI=1S/C16H20N2O4S/c1-11(19)13-3-2-4-15(8-13)23(21,22)17-9-12-7-16(20)18(10-12)14-5-6-14/h2-4,8,12,14,17H,5-7,9-10H2,1H3. The van der Waals surface area contributed by atoms with E-state index in [0.29, 0.717) is 24.6 Å². The van der Waals surface area contributed by atoms with E-state index in [9.17, 15) is 18.0 Å². The van der Waals surface area contributed by atoms with Crippen LogP contribution in [0.1, 0.15) is 36.5 Å². The molecule has 1 saturated heterocycles. The molecule has 1 aromatic carbocycles. The Kier molecular flexibility index (Phi) is 4.25. The van der Waals surface area contributed by atoms with E-state index in [4.69, 9.17) is 0 Å². The Hall–Kier alpha value is -1.73. The molecule has 1 aliphatic heterocycles. The van der Waals surface area contributed by atoms with Crippen molar-refractivity contribution in [1.29, 1.82) is 0 Å². The van der Waals surface area contributed by atoms with Gasteiger partial charge in [0.2, 0.25) is 15.9 Å². The highest BCUT2D eigenvalue weighted by Crippen LogP contribution is 2.32. The number of Topliss-reactive ketones (excluding diaryl/α,β-unsaturated/α-hetero) is 1. The smallest absolute Gasteiger partial charge is 0.240 e. The van der Waals surface area contributed by atoms with E-state index in [1.54, 1.807) is 12.1 Å². The molecule has 2 aliphatic rings. The van der Waals surface area contributed by atoms with Crippen molar-refractivity contribution >= 4 is 21.7 Å². The first kappa shape index (κ1) is 16.1. The number of rotatable bonds is 6. The highest BCUT2D eigenvalue weighted by molar-refractivity contribution is 7.89. The van der Waals surface area contributed by atoms with Crippen LogP contribution in [0.3, 0.4) is 0 Å². The Bertz CT molecular complexity index is 740. The van der Waals surface area contributed by atoms with Gasteiger partial charge in [-0.2, -0.15) is 0 Å². The van der Waals surface area contributed by atoms with Crippen molar-refractivity contribution in [3.8, 4) is 0 Å². The van der Waals surface area contributed by atoms with Crippen molar-refractivity contribution in [2.75, 3.05) is 13.1 Å². The summed E-state index contributed by atoms with van der Waals surface area (Å²) in [6, 6.07) is 6.35. The minimum absolute atomic E-state index is 0.00821. The van der Waals surface area contributed by atoms with Gasteiger partial charge in [0.1, 0.15) is 0 Å². The fourth-order valence-electron chi connectivity index (χ4n) is 2.88. The van der Waals surface area contributed by atoms with Crippen LogP contribution in [-0.4, -0.2) is 44.1 Å². The number of likely N-dealkylation sites (tertiary alicyclic amines) is 1. The number of hydrogen-bond acceptors (Lipinski definition) is 4. The highest BCUT2D eigenvalue weighted by Gasteiger charge is 2.39. The quantitative estimate of drug-likeness (QED) is 0.791. The van der Waals surface area contributed by atoms with Crippen LogP contribution >= 0.6 is 0 Å². The van der Waals surface area contributed by atoms with Crippen LogP contribution in [0, 0.1) is 5.92 Å². The first-order valence-corrected chi connectivity index (χ1v) is 9.25. The summed E-state index contributed by atoms with van der Waals surface area (Å²) in [5, 5.41) is 0. The second-order valence-electron chi connectivity index (χ2n) is 6.28. The van der Waals surface area contributed by atoms with Crippen LogP contribution in [-0.2, 0) is 14.8 Å². The SMILES string of the molecule is CC(=O)c1cccc(S(=O)(=O)NCC2CC(=O)N(C3CC3)C2)c1. The predicted molar refractivity (Wildman–Crippen MR) is 84.5 cm³/mol. The molecular weight excluding hydrogens is 316 g/mol. The number of nitrogens with zero attached hydrogens (tertiary/aromatic N) is 1. The van der Waals surface area contributed by atoms with E-state index >= 15 is 0 Å². The number of ketones is 1. The molecule has 7 heteroatoms. The summed E-state index contributed by atoms with van der Waals surface area (Å²) in [4.78, 5) is 25.2. The molecule has 1 atom stereocenters. The van der Waals surface area contributed by atoms with Gasteiger partial charge in [-0.05, 0) is 37.8 Å². The van der Waals surface area contributed by atoms with Crippen LogP contribution in [0.4, 0.5) is 0 Å². The number of nitrogens with one attached hydrogen (secondary N) is 1. The summed E-state index contributed by atoms with van der Waals surface area (Å²) in [6.07, 6.45) is 2.51. The molecule has 0 radical (unpaired) electrons. The molecule has 1 saturated carbocycles. The van der Waals surface area contributed by atoms with Crippen molar-refractivity contribution in [1.82, 2.24) is 9.62 Å². The largest absolute Gasteiger partial charge is 0.339 e. The average Bonchev–Trinajstić information content (AvgIpc) is 3.29. The monoisotopic (exact) mass is 336 g/mol. The van der Waals surface area contributed by atoms with Crippen LogP contribution in [0.25, 0.3) is 0 Å². The third kappa shape index (κ3) is 3.61. The Morgan fingerprint density at radius 3 is 2.74 bits per heavy atom. The summed E-state index contributed by atoms with van der Waals surface area (Å²) >= 11 is 0. The molecular formula is C16H20N2O4S. The maximum atomic E-state index is 12.4. The molecule has 3 rings (SSSR count). The topological polar surface area (TPSA) is 83.5 Å². The lowest BCUT2D eigenvalue weighted by Crippen LogP contribution is -2.32. The molecule has 1 aromatic rings. The van der Waals surface area contributed by atoms with Gasteiger partial charge < -0.3 is 4.90 Å². The molecule has 6 nitrogen and oxygen atoms in total. The summed E-state index contributed by atoms with van der Waals surface area (Å²) in [5.74, 6) is -0.0485. The molecule has 1 aliphatic carbocycles. The number of carbonyl (C=O) groups excluding carboxylic acids is 2. The lowest BCUT2D eigenvalue weighted by molar-refractivity contribution is -0.128. The number of hydrogen-bond donors (Lipinski definition) is 1. The van der Waals surface area contributed by atoms with Crippen molar-refractivity contribution < 1.29 is 18.0 Å². The second-order valence-corrected chi connectivity index (χ2v) is 8.05. The van der Waals surface area contributed by atoms with Gasteiger partial charge in [0.15, 0.2) is 5.78 Å². The van der Waals surface area contributed by atoms with E-state index in [2.05, 4.69) is 4.72 Å². The van der Waals surface area contributed by atoms with Gasteiger partial charge in [0.05, 0.1) is 4.90 Å². The molecule has 1 unspecified atom stereocenters. The van der Waals surface area contributed by atoms with Gasteiger partial charge in [-0.15, -0.1) is 0 Å². The fourth-order valence-corrected chi connectivity index (χ4v) is 4.04. The lowest BCUT2D eigenvalue weighted by atomic mass is 10.1. The molecule has 0 spiro atoms. The third-order valence-corrected chi connectivity index (χ3v) is 5.76. The summed E-state index contributed by atoms with van der Waals surface area (Å²) in [5.41, 5.74) is 0.365. The molecule has 124 valence electrons. The number of sulfonamides is 1. The number of amides is 1. The molecule has 0 bridgehead atoms. The first-order valence-electron chi connectivity index (χ1n) is 7.77. The molecule has 0 aromatic heterocycles.